The predicted molar refractivity (Wildman–Crippen MR) is 69.4 cm³/mol. The molecule has 0 aromatic carbocycles. The minimum Gasteiger partial charge on any atom is -0.444 e. The lowest BCUT2D eigenvalue weighted by atomic mass is 9.84. The van der Waals surface area contributed by atoms with Crippen LogP contribution in [0.15, 0.2) is 12.2 Å². The molecule has 5 heteroatoms. The maximum absolute atomic E-state index is 12.1. The molecule has 106 valence electrons. The van der Waals surface area contributed by atoms with Gasteiger partial charge in [-0.15, -0.1) is 0 Å². The van der Waals surface area contributed by atoms with Crippen LogP contribution in [0.5, 0.6) is 0 Å². The van der Waals surface area contributed by atoms with Crippen molar-refractivity contribution in [3.05, 3.63) is 12.2 Å². The maximum atomic E-state index is 12.1. The summed E-state index contributed by atoms with van der Waals surface area (Å²) < 4.78 is 11.0. The molecular formula is C14H21NO4. The molecule has 0 radical (unpaired) electrons. The molecule has 0 saturated carbocycles. The van der Waals surface area contributed by atoms with Crippen molar-refractivity contribution in [2.45, 2.75) is 52.0 Å². The summed E-state index contributed by atoms with van der Waals surface area (Å²) in [6.45, 7) is 8.97. The van der Waals surface area contributed by atoms with Gasteiger partial charge in [-0.05, 0) is 26.8 Å². The molecule has 5 nitrogen and oxygen atoms in total. The molecule has 2 rings (SSSR count). The average Bonchev–Trinajstić information content (AvgIpc) is 2.64. The summed E-state index contributed by atoms with van der Waals surface area (Å²) >= 11 is 0. The largest absolute Gasteiger partial charge is 0.444 e. The first-order chi connectivity index (χ1) is 8.65. The first-order valence-corrected chi connectivity index (χ1v) is 6.57. The van der Waals surface area contributed by atoms with Gasteiger partial charge in [0.25, 0.3) is 0 Å². The number of nitrogens with one attached hydrogen (secondary N) is 1. The van der Waals surface area contributed by atoms with Gasteiger partial charge in [0.15, 0.2) is 5.72 Å². The van der Waals surface area contributed by atoms with Crippen molar-refractivity contribution in [1.29, 1.82) is 0 Å². The Morgan fingerprint density at radius 3 is 2.63 bits per heavy atom. The molecule has 1 fully saturated rings. The van der Waals surface area contributed by atoms with E-state index in [1.807, 2.05) is 13.0 Å². The molecule has 4 atom stereocenters. The monoisotopic (exact) mass is 267 g/mol. The van der Waals surface area contributed by atoms with Crippen LogP contribution >= 0.6 is 0 Å². The second kappa shape index (κ2) is 4.34. The van der Waals surface area contributed by atoms with Crippen LogP contribution in [-0.4, -0.2) is 29.3 Å². The summed E-state index contributed by atoms with van der Waals surface area (Å²) in [5.41, 5.74) is -1.64. The van der Waals surface area contributed by atoms with E-state index in [0.717, 1.165) is 0 Å². The molecule has 0 aromatic rings. The smallest absolute Gasteiger partial charge is 0.410 e. The first-order valence-electron chi connectivity index (χ1n) is 6.57. The van der Waals surface area contributed by atoms with Gasteiger partial charge in [0.2, 0.25) is 0 Å². The zero-order valence-electron chi connectivity index (χ0n) is 12.0. The molecule has 1 N–H and O–H groups in total. The quantitative estimate of drug-likeness (QED) is 0.738. The molecule has 2 bridgehead atoms. The van der Waals surface area contributed by atoms with Crippen LogP contribution in [0.2, 0.25) is 0 Å². The van der Waals surface area contributed by atoms with E-state index in [1.165, 1.54) is 0 Å². The van der Waals surface area contributed by atoms with Gasteiger partial charge in [-0.2, -0.15) is 0 Å². The fourth-order valence-electron chi connectivity index (χ4n) is 2.47. The SMILES string of the molecule is C[C@@H]1C(=O)[C@H](C)[C@]2(NC(=O)OC(C)(C)C)C=C[C@H]1O2. The van der Waals surface area contributed by atoms with E-state index in [9.17, 15) is 9.59 Å². The fourth-order valence-corrected chi connectivity index (χ4v) is 2.47. The number of rotatable bonds is 1. The van der Waals surface area contributed by atoms with E-state index in [2.05, 4.69) is 5.32 Å². The van der Waals surface area contributed by atoms with E-state index in [1.54, 1.807) is 33.8 Å². The van der Waals surface area contributed by atoms with Crippen molar-refractivity contribution in [1.82, 2.24) is 5.32 Å². The van der Waals surface area contributed by atoms with Crippen LogP contribution in [0.3, 0.4) is 0 Å². The molecule has 2 aliphatic heterocycles. The van der Waals surface area contributed by atoms with E-state index < -0.39 is 23.3 Å². The van der Waals surface area contributed by atoms with E-state index >= 15 is 0 Å². The highest BCUT2D eigenvalue weighted by Crippen LogP contribution is 2.39. The Morgan fingerprint density at radius 1 is 1.42 bits per heavy atom. The number of ether oxygens (including phenoxy) is 2. The zero-order valence-corrected chi connectivity index (χ0v) is 12.0. The van der Waals surface area contributed by atoms with E-state index in [4.69, 9.17) is 9.47 Å². The zero-order chi connectivity index (χ0) is 14.4. The molecule has 2 aliphatic rings. The minimum absolute atomic E-state index is 0.0947. The Labute approximate surface area is 113 Å². The van der Waals surface area contributed by atoms with Crippen LogP contribution < -0.4 is 5.32 Å². The number of carbonyl (C=O) groups excluding carboxylic acids is 2. The summed E-state index contributed by atoms with van der Waals surface area (Å²) in [5, 5.41) is 2.69. The third kappa shape index (κ3) is 2.52. The molecule has 0 unspecified atom stereocenters. The lowest BCUT2D eigenvalue weighted by molar-refractivity contribution is -0.163. The number of ketones is 1. The van der Waals surface area contributed by atoms with Crippen molar-refractivity contribution in [2.75, 3.05) is 0 Å². The van der Waals surface area contributed by atoms with Crippen molar-refractivity contribution in [3.63, 3.8) is 0 Å². The Bertz CT molecular complexity index is 437. The van der Waals surface area contributed by atoms with Gasteiger partial charge in [0.1, 0.15) is 11.4 Å². The van der Waals surface area contributed by atoms with Gasteiger partial charge >= 0.3 is 6.09 Å². The van der Waals surface area contributed by atoms with Crippen molar-refractivity contribution >= 4 is 11.9 Å². The number of hydrogen-bond acceptors (Lipinski definition) is 4. The Balaban J connectivity index is 2.14. The summed E-state index contributed by atoms with van der Waals surface area (Å²) in [6, 6.07) is 0. The molecule has 1 amide bonds. The van der Waals surface area contributed by atoms with Crippen LogP contribution in [0.25, 0.3) is 0 Å². The number of fused-ring (bicyclic) bond motifs is 2. The van der Waals surface area contributed by atoms with Crippen molar-refractivity contribution < 1.29 is 19.1 Å². The van der Waals surface area contributed by atoms with Crippen LogP contribution in [-0.2, 0) is 14.3 Å². The first kappa shape index (κ1) is 14.1. The molecule has 1 saturated heterocycles. The summed E-state index contributed by atoms with van der Waals surface area (Å²) in [4.78, 5) is 24.0. The van der Waals surface area contributed by atoms with Gasteiger partial charge < -0.3 is 9.47 Å². The minimum atomic E-state index is -1.06. The van der Waals surface area contributed by atoms with Gasteiger partial charge in [0, 0.05) is 5.92 Å². The topological polar surface area (TPSA) is 64.6 Å². The highest BCUT2D eigenvalue weighted by Gasteiger charge is 2.53. The second-order valence-corrected chi connectivity index (χ2v) is 6.27. The summed E-state index contributed by atoms with van der Waals surface area (Å²) in [7, 11) is 0. The predicted octanol–water partition coefficient (Wildman–Crippen LogP) is 2.02. The maximum Gasteiger partial charge on any atom is 0.410 e. The lowest BCUT2D eigenvalue weighted by Crippen LogP contribution is -2.60. The Kier molecular flexibility index (Phi) is 3.21. The van der Waals surface area contributed by atoms with Crippen LogP contribution in [0, 0.1) is 11.8 Å². The highest BCUT2D eigenvalue weighted by atomic mass is 16.6. The number of Topliss-reactive ketones (excluding diaryl/α,β-unsaturated/α-hetero) is 1. The van der Waals surface area contributed by atoms with E-state index in [-0.39, 0.29) is 17.8 Å². The van der Waals surface area contributed by atoms with Crippen LogP contribution in [0.4, 0.5) is 4.79 Å². The highest BCUT2D eigenvalue weighted by molar-refractivity contribution is 5.87. The molecule has 0 aliphatic carbocycles. The van der Waals surface area contributed by atoms with Gasteiger partial charge in [-0.25, -0.2) is 4.79 Å². The molecule has 0 spiro atoms. The standard InChI is InChI=1S/C14H21NO4/c1-8-10-6-7-14(18-10,9(2)11(8)16)15-12(17)19-13(3,4)5/h6-10H,1-5H3,(H,15,17)/t8-,9-,10+,14-/m0/s1. The molecular weight excluding hydrogens is 246 g/mol. The Morgan fingerprint density at radius 2 is 2.05 bits per heavy atom. The molecule has 19 heavy (non-hydrogen) atoms. The molecule has 2 heterocycles. The third-order valence-corrected chi connectivity index (χ3v) is 3.57. The van der Waals surface area contributed by atoms with Crippen LogP contribution in [0.1, 0.15) is 34.6 Å². The number of hydrogen-bond donors (Lipinski definition) is 1. The third-order valence-electron chi connectivity index (χ3n) is 3.57. The van der Waals surface area contributed by atoms with Gasteiger partial charge in [0.05, 0.1) is 12.0 Å². The normalized spacial score (nSPS) is 37.3. The number of alkyl carbamates (subject to hydrolysis) is 1. The van der Waals surface area contributed by atoms with E-state index in [0.29, 0.717) is 0 Å². The number of amides is 1. The second-order valence-electron chi connectivity index (χ2n) is 6.27. The number of carbonyl (C=O) groups is 2. The summed E-state index contributed by atoms with van der Waals surface area (Å²) in [6.07, 6.45) is 2.75. The fraction of sp³-hybridized carbons (Fsp3) is 0.714. The average molecular weight is 267 g/mol. The van der Waals surface area contributed by atoms with Crippen molar-refractivity contribution in [2.24, 2.45) is 11.8 Å². The van der Waals surface area contributed by atoms with Crippen molar-refractivity contribution in [3.8, 4) is 0 Å². The van der Waals surface area contributed by atoms with Gasteiger partial charge in [-0.3, -0.25) is 10.1 Å². The lowest BCUT2D eigenvalue weighted by Gasteiger charge is -2.41. The summed E-state index contributed by atoms with van der Waals surface area (Å²) in [5.74, 6) is -0.510. The Hall–Kier alpha value is -1.36. The molecule has 0 aromatic heterocycles. The van der Waals surface area contributed by atoms with Gasteiger partial charge in [-0.1, -0.05) is 19.9 Å².